The fourth-order valence-corrected chi connectivity index (χ4v) is 3.42. The van der Waals surface area contributed by atoms with Crippen LogP contribution in [-0.4, -0.2) is 21.5 Å². The van der Waals surface area contributed by atoms with Gasteiger partial charge in [0, 0.05) is 17.6 Å². The molecule has 4 rings (SSSR count). The average molecular weight is 387 g/mol. The fourth-order valence-electron chi connectivity index (χ4n) is 3.14. The van der Waals surface area contributed by atoms with Gasteiger partial charge in [0.2, 0.25) is 0 Å². The van der Waals surface area contributed by atoms with Gasteiger partial charge in [0.1, 0.15) is 5.57 Å². The van der Waals surface area contributed by atoms with Crippen LogP contribution in [0, 0.1) is 6.92 Å². The van der Waals surface area contributed by atoms with Gasteiger partial charge in [-0.25, -0.2) is 0 Å². The standard InChI is InChI=1S/C22H17N3O2S/c1-15-7-5-10-18(13-15)25-21(27)19(20(26)23-22(25)28)14-17-11-6-12-24(17)16-8-3-2-4-9-16/h2-14H,1H3,(H,23,26,28)/b19-14+. The van der Waals surface area contributed by atoms with Crippen molar-refractivity contribution in [2.24, 2.45) is 0 Å². The number of amides is 2. The second-order valence-electron chi connectivity index (χ2n) is 6.44. The minimum absolute atomic E-state index is 0.0333. The molecule has 0 aliphatic carbocycles. The van der Waals surface area contributed by atoms with E-state index < -0.39 is 11.8 Å². The Hall–Kier alpha value is -3.51. The molecule has 3 aromatic rings. The van der Waals surface area contributed by atoms with E-state index in [1.807, 2.05) is 78.4 Å². The number of nitrogens with one attached hydrogen (secondary N) is 1. The average Bonchev–Trinajstić information content (AvgIpc) is 3.14. The van der Waals surface area contributed by atoms with Gasteiger partial charge in [-0.2, -0.15) is 0 Å². The van der Waals surface area contributed by atoms with Gasteiger partial charge in [0.15, 0.2) is 5.11 Å². The lowest BCUT2D eigenvalue weighted by Gasteiger charge is -2.29. The number of hydrogen-bond acceptors (Lipinski definition) is 3. The van der Waals surface area contributed by atoms with Crippen LogP contribution in [0.1, 0.15) is 11.3 Å². The molecule has 1 aromatic heterocycles. The van der Waals surface area contributed by atoms with E-state index in [4.69, 9.17) is 12.2 Å². The van der Waals surface area contributed by atoms with E-state index >= 15 is 0 Å². The summed E-state index contributed by atoms with van der Waals surface area (Å²) >= 11 is 5.25. The van der Waals surface area contributed by atoms with Crippen molar-refractivity contribution in [3.05, 3.63) is 89.8 Å². The molecule has 138 valence electrons. The second kappa shape index (κ2) is 7.25. The Morgan fingerprint density at radius 2 is 1.68 bits per heavy atom. The molecule has 0 saturated carbocycles. The van der Waals surface area contributed by atoms with E-state index in [1.165, 1.54) is 4.90 Å². The van der Waals surface area contributed by atoms with E-state index in [2.05, 4.69) is 5.32 Å². The number of thiocarbonyl (C=S) groups is 1. The van der Waals surface area contributed by atoms with E-state index in [1.54, 1.807) is 12.1 Å². The van der Waals surface area contributed by atoms with Gasteiger partial charge in [-0.05, 0) is 67.2 Å². The molecule has 1 fully saturated rings. The smallest absolute Gasteiger partial charge is 0.270 e. The Morgan fingerprint density at radius 1 is 0.929 bits per heavy atom. The van der Waals surface area contributed by atoms with E-state index in [-0.39, 0.29) is 10.7 Å². The summed E-state index contributed by atoms with van der Waals surface area (Å²) in [6, 6.07) is 20.9. The predicted octanol–water partition coefficient (Wildman–Crippen LogP) is 3.62. The van der Waals surface area contributed by atoms with E-state index in [0.717, 1.165) is 16.9 Å². The molecule has 0 spiro atoms. The molecule has 2 heterocycles. The predicted molar refractivity (Wildman–Crippen MR) is 113 cm³/mol. The number of rotatable bonds is 3. The maximum atomic E-state index is 13.1. The number of para-hydroxylation sites is 1. The molecule has 0 radical (unpaired) electrons. The Kier molecular flexibility index (Phi) is 4.63. The monoisotopic (exact) mass is 387 g/mol. The van der Waals surface area contributed by atoms with Crippen molar-refractivity contribution >= 4 is 40.9 Å². The zero-order valence-electron chi connectivity index (χ0n) is 15.1. The summed E-state index contributed by atoms with van der Waals surface area (Å²) in [4.78, 5) is 27.0. The SMILES string of the molecule is Cc1cccc(N2C(=O)/C(=C/c3cccn3-c3ccccc3)C(=O)NC2=S)c1. The lowest BCUT2D eigenvalue weighted by Crippen LogP contribution is -2.54. The number of hydrogen-bond donors (Lipinski definition) is 1. The number of aromatic nitrogens is 1. The topological polar surface area (TPSA) is 54.3 Å². The van der Waals surface area contributed by atoms with Gasteiger partial charge in [-0.15, -0.1) is 0 Å². The molecule has 28 heavy (non-hydrogen) atoms. The van der Waals surface area contributed by atoms with E-state index in [9.17, 15) is 9.59 Å². The first-order valence-corrected chi connectivity index (χ1v) is 9.16. The summed E-state index contributed by atoms with van der Waals surface area (Å²) in [5.41, 5.74) is 3.31. The first-order chi connectivity index (χ1) is 13.5. The number of benzene rings is 2. The summed E-state index contributed by atoms with van der Waals surface area (Å²) in [7, 11) is 0. The largest absolute Gasteiger partial charge is 0.317 e. The number of anilines is 1. The highest BCUT2D eigenvalue weighted by atomic mass is 32.1. The Morgan fingerprint density at radius 3 is 2.43 bits per heavy atom. The summed E-state index contributed by atoms with van der Waals surface area (Å²) < 4.78 is 1.91. The van der Waals surface area contributed by atoms with Crippen LogP contribution in [0.3, 0.4) is 0 Å². The highest BCUT2D eigenvalue weighted by Crippen LogP contribution is 2.23. The quantitative estimate of drug-likeness (QED) is 0.424. The van der Waals surface area contributed by atoms with Gasteiger partial charge in [0.25, 0.3) is 11.8 Å². The molecule has 0 unspecified atom stereocenters. The fraction of sp³-hybridized carbons (Fsp3) is 0.0455. The van der Waals surface area contributed by atoms with Crippen molar-refractivity contribution < 1.29 is 9.59 Å². The van der Waals surface area contributed by atoms with Crippen molar-refractivity contribution in [2.45, 2.75) is 6.92 Å². The van der Waals surface area contributed by atoms with Gasteiger partial charge in [0.05, 0.1) is 5.69 Å². The summed E-state index contributed by atoms with van der Waals surface area (Å²) in [6.45, 7) is 1.93. The number of aryl methyl sites for hydroxylation is 1. The molecule has 1 aliphatic heterocycles. The molecule has 0 bridgehead atoms. The Balaban J connectivity index is 1.76. The van der Waals surface area contributed by atoms with E-state index in [0.29, 0.717) is 5.69 Å². The van der Waals surface area contributed by atoms with Crippen molar-refractivity contribution in [2.75, 3.05) is 4.90 Å². The molecule has 0 atom stereocenters. The van der Waals surface area contributed by atoms with Crippen molar-refractivity contribution in [1.29, 1.82) is 0 Å². The van der Waals surface area contributed by atoms with Gasteiger partial charge >= 0.3 is 0 Å². The highest BCUT2D eigenvalue weighted by Gasteiger charge is 2.34. The third kappa shape index (κ3) is 3.25. The van der Waals surface area contributed by atoms with Crippen LogP contribution in [-0.2, 0) is 9.59 Å². The molecular weight excluding hydrogens is 370 g/mol. The summed E-state index contributed by atoms with van der Waals surface area (Å²) in [6.07, 6.45) is 3.48. The van der Waals surface area contributed by atoms with Crippen molar-refractivity contribution in [1.82, 2.24) is 9.88 Å². The summed E-state index contributed by atoms with van der Waals surface area (Å²) in [5.74, 6) is -0.945. The molecule has 6 heteroatoms. The maximum Gasteiger partial charge on any atom is 0.270 e. The Bertz CT molecular complexity index is 1120. The first kappa shape index (κ1) is 17.9. The number of nitrogens with zero attached hydrogens (tertiary/aromatic N) is 2. The van der Waals surface area contributed by atoms with Crippen LogP contribution in [0.15, 0.2) is 78.5 Å². The third-order valence-corrected chi connectivity index (χ3v) is 4.75. The van der Waals surface area contributed by atoms with Crippen molar-refractivity contribution in [3.63, 3.8) is 0 Å². The van der Waals surface area contributed by atoms with Crippen LogP contribution < -0.4 is 10.2 Å². The lowest BCUT2D eigenvalue weighted by molar-refractivity contribution is -0.122. The molecule has 1 N–H and O–H groups in total. The van der Waals surface area contributed by atoms with Crippen LogP contribution >= 0.6 is 12.2 Å². The highest BCUT2D eigenvalue weighted by molar-refractivity contribution is 7.80. The minimum atomic E-state index is -0.500. The first-order valence-electron chi connectivity index (χ1n) is 8.75. The maximum absolute atomic E-state index is 13.1. The molecular formula is C22H17N3O2S. The zero-order valence-corrected chi connectivity index (χ0v) is 15.9. The number of carbonyl (C=O) groups is 2. The molecule has 1 saturated heterocycles. The zero-order chi connectivity index (χ0) is 19.7. The Labute approximate surface area is 167 Å². The third-order valence-electron chi connectivity index (χ3n) is 4.47. The molecule has 2 amide bonds. The lowest BCUT2D eigenvalue weighted by atomic mass is 10.1. The van der Waals surface area contributed by atoms with Gasteiger partial charge < -0.3 is 4.57 Å². The van der Waals surface area contributed by atoms with Crippen LogP contribution in [0.25, 0.3) is 11.8 Å². The summed E-state index contributed by atoms with van der Waals surface area (Å²) in [5, 5.41) is 2.70. The normalized spacial score (nSPS) is 15.8. The van der Waals surface area contributed by atoms with Crippen LogP contribution in [0.2, 0.25) is 0 Å². The van der Waals surface area contributed by atoms with Crippen LogP contribution in [0.5, 0.6) is 0 Å². The number of carbonyl (C=O) groups excluding carboxylic acids is 2. The second-order valence-corrected chi connectivity index (χ2v) is 6.82. The van der Waals surface area contributed by atoms with Gasteiger partial charge in [-0.1, -0.05) is 30.3 Å². The minimum Gasteiger partial charge on any atom is -0.317 e. The van der Waals surface area contributed by atoms with Crippen molar-refractivity contribution in [3.8, 4) is 5.69 Å². The van der Waals surface area contributed by atoms with Gasteiger partial charge in [-0.3, -0.25) is 19.8 Å². The molecule has 2 aromatic carbocycles. The van der Waals surface area contributed by atoms with Crippen LogP contribution in [0.4, 0.5) is 5.69 Å². The molecule has 5 nitrogen and oxygen atoms in total. The molecule has 1 aliphatic rings.